The first-order valence-electron chi connectivity index (χ1n) is 9.25. The Labute approximate surface area is 166 Å². The van der Waals surface area contributed by atoms with Crippen molar-refractivity contribution in [3.63, 3.8) is 0 Å². The van der Waals surface area contributed by atoms with Crippen molar-refractivity contribution in [2.24, 2.45) is 0 Å². The van der Waals surface area contributed by atoms with E-state index in [-0.39, 0.29) is 23.4 Å². The zero-order valence-electron chi connectivity index (χ0n) is 15.8. The number of benzene rings is 2. The second-order valence-corrected chi connectivity index (χ2v) is 7.20. The van der Waals surface area contributed by atoms with E-state index in [1.807, 2.05) is 36.1 Å². The molecule has 0 saturated heterocycles. The largest absolute Gasteiger partial charge is 0.306 e. The van der Waals surface area contributed by atoms with E-state index < -0.39 is 10.7 Å². The van der Waals surface area contributed by atoms with Gasteiger partial charge in [0.25, 0.3) is 11.2 Å². The minimum absolute atomic E-state index is 0.143. The van der Waals surface area contributed by atoms with Gasteiger partial charge in [0, 0.05) is 48.5 Å². The van der Waals surface area contributed by atoms with Gasteiger partial charge in [-0.15, -0.1) is 0 Å². The molecular formula is C21H19FN4O3. The number of fused-ring (bicyclic) bond motifs is 1. The van der Waals surface area contributed by atoms with Crippen molar-refractivity contribution in [2.45, 2.75) is 26.4 Å². The highest BCUT2D eigenvalue weighted by molar-refractivity contribution is 5.55. The number of H-pyrrole nitrogens is 1. The normalized spacial score (nSPS) is 13.9. The van der Waals surface area contributed by atoms with Crippen LogP contribution in [0.2, 0.25) is 0 Å². The van der Waals surface area contributed by atoms with Gasteiger partial charge in [-0.05, 0) is 19.4 Å². The van der Waals surface area contributed by atoms with Crippen molar-refractivity contribution in [1.82, 2.24) is 14.9 Å². The third-order valence-corrected chi connectivity index (χ3v) is 5.11. The summed E-state index contributed by atoms with van der Waals surface area (Å²) in [5.74, 6) is 0.0118. The molecule has 0 radical (unpaired) electrons. The molecule has 0 amide bonds. The van der Waals surface area contributed by atoms with E-state index >= 15 is 0 Å². The number of aryl methyl sites for hydroxylation is 1. The zero-order valence-corrected chi connectivity index (χ0v) is 15.8. The fraction of sp³-hybridized carbons (Fsp3) is 0.238. The first-order valence-corrected chi connectivity index (χ1v) is 9.25. The van der Waals surface area contributed by atoms with Crippen LogP contribution in [0.1, 0.15) is 22.4 Å². The minimum Gasteiger partial charge on any atom is -0.306 e. The maximum Gasteiger partial charge on any atom is 0.269 e. The third kappa shape index (κ3) is 3.93. The maximum absolute atomic E-state index is 14.1. The van der Waals surface area contributed by atoms with Gasteiger partial charge in [-0.25, -0.2) is 9.37 Å². The van der Waals surface area contributed by atoms with Gasteiger partial charge in [-0.2, -0.15) is 0 Å². The highest BCUT2D eigenvalue weighted by Crippen LogP contribution is 2.23. The molecule has 148 valence electrons. The average molecular weight is 394 g/mol. The summed E-state index contributed by atoms with van der Waals surface area (Å²) in [4.78, 5) is 32.4. The first-order chi connectivity index (χ1) is 13.9. The van der Waals surface area contributed by atoms with Gasteiger partial charge in [-0.3, -0.25) is 19.8 Å². The van der Waals surface area contributed by atoms with Crippen LogP contribution in [-0.4, -0.2) is 26.3 Å². The van der Waals surface area contributed by atoms with E-state index in [9.17, 15) is 19.3 Å². The predicted molar refractivity (Wildman–Crippen MR) is 106 cm³/mol. The molecule has 1 aliphatic rings. The van der Waals surface area contributed by atoms with Gasteiger partial charge >= 0.3 is 0 Å². The molecule has 29 heavy (non-hydrogen) atoms. The summed E-state index contributed by atoms with van der Waals surface area (Å²) in [5, 5.41) is 11.0. The predicted octanol–water partition coefficient (Wildman–Crippen LogP) is 3.35. The van der Waals surface area contributed by atoms with Crippen molar-refractivity contribution >= 4 is 5.69 Å². The number of aromatic nitrogens is 2. The molecule has 0 fully saturated rings. The SMILES string of the molecule is Cc1ccc(-c2nc3c(c(=O)[nH]2)CCN(Cc2cc([N+](=O)[O-])ccc2F)C3)cc1. The fourth-order valence-electron chi connectivity index (χ4n) is 3.51. The van der Waals surface area contributed by atoms with Crippen molar-refractivity contribution in [3.05, 3.63) is 91.1 Å². The van der Waals surface area contributed by atoms with Crippen LogP contribution in [0.25, 0.3) is 11.4 Å². The Kier molecular flexibility index (Phi) is 4.94. The standard InChI is InChI=1S/C21H19FN4O3/c1-13-2-4-14(5-3-13)20-23-19-12-25(9-8-17(19)21(27)24-20)11-15-10-16(26(28)29)6-7-18(15)22/h2-7,10H,8-9,11-12H2,1H3,(H,23,24,27). The van der Waals surface area contributed by atoms with E-state index in [4.69, 9.17) is 0 Å². The monoisotopic (exact) mass is 394 g/mol. The summed E-state index contributed by atoms with van der Waals surface area (Å²) in [5.41, 5.74) is 3.17. The van der Waals surface area contributed by atoms with Crippen LogP contribution in [0.3, 0.4) is 0 Å². The van der Waals surface area contributed by atoms with Crippen LogP contribution in [0.5, 0.6) is 0 Å². The second kappa shape index (κ2) is 7.56. The summed E-state index contributed by atoms with van der Waals surface area (Å²) in [6.45, 7) is 3.11. The summed E-state index contributed by atoms with van der Waals surface area (Å²) in [7, 11) is 0. The molecule has 3 aromatic rings. The second-order valence-electron chi connectivity index (χ2n) is 7.20. The third-order valence-electron chi connectivity index (χ3n) is 5.11. The molecule has 0 spiro atoms. The first kappa shape index (κ1) is 18.9. The minimum atomic E-state index is -0.538. The molecule has 8 heteroatoms. The van der Waals surface area contributed by atoms with Crippen LogP contribution < -0.4 is 5.56 Å². The molecule has 0 atom stereocenters. The van der Waals surface area contributed by atoms with E-state index in [1.165, 1.54) is 6.07 Å². The fourth-order valence-corrected chi connectivity index (χ4v) is 3.51. The van der Waals surface area contributed by atoms with E-state index in [0.29, 0.717) is 36.6 Å². The van der Waals surface area contributed by atoms with Crippen LogP contribution in [-0.2, 0) is 19.5 Å². The molecule has 1 aliphatic heterocycles. The number of nitro groups is 1. The molecule has 7 nitrogen and oxygen atoms in total. The number of rotatable bonds is 4. The molecule has 2 heterocycles. The lowest BCUT2D eigenvalue weighted by molar-refractivity contribution is -0.385. The lowest BCUT2D eigenvalue weighted by Crippen LogP contribution is -2.35. The Balaban J connectivity index is 1.61. The molecule has 2 aromatic carbocycles. The summed E-state index contributed by atoms with van der Waals surface area (Å²) in [6, 6.07) is 11.2. The quantitative estimate of drug-likeness (QED) is 0.541. The van der Waals surface area contributed by atoms with Crippen LogP contribution >= 0.6 is 0 Å². The van der Waals surface area contributed by atoms with Gasteiger partial charge < -0.3 is 4.98 Å². The summed E-state index contributed by atoms with van der Waals surface area (Å²) < 4.78 is 14.1. The van der Waals surface area contributed by atoms with E-state index in [1.54, 1.807) is 0 Å². The topological polar surface area (TPSA) is 92.1 Å². The Morgan fingerprint density at radius 2 is 2.00 bits per heavy atom. The van der Waals surface area contributed by atoms with Crippen molar-refractivity contribution in [1.29, 1.82) is 0 Å². The van der Waals surface area contributed by atoms with Crippen molar-refractivity contribution < 1.29 is 9.31 Å². The number of nitro benzene ring substituents is 1. The molecule has 0 aliphatic carbocycles. The number of nitrogens with one attached hydrogen (secondary N) is 1. The lowest BCUT2D eigenvalue weighted by atomic mass is 10.0. The molecule has 4 rings (SSSR count). The van der Waals surface area contributed by atoms with Crippen molar-refractivity contribution in [3.8, 4) is 11.4 Å². The van der Waals surface area contributed by atoms with Crippen molar-refractivity contribution in [2.75, 3.05) is 6.54 Å². The van der Waals surface area contributed by atoms with Crippen LogP contribution in [0, 0.1) is 22.9 Å². The molecule has 0 bridgehead atoms. The zero-order chi connectivity index (χ0) is 20.5. The molecular weight excluding hydrogens is 375 g/mol. The van der Waals surface area contributed by atoms with Gasteiger partial charge in [0.1, 0.15) is 11.6 Å². The Morgan fingerprint density at radius 1 is 1.24 bits per heavy atom. The Hall–Kier alpha value is -3.39. The highest BCUT2D eigenvalue weighted by atomic mass is 19.1. The van der Waals surface area contributed by atoms with Crippen LogP contribution in [0.15, 0.2) is 47.3 Å². The van der Waals surface area contributed by atoms with Gasteiger partial charge in [0.2, 0.25) is 0 Å². The lowest BCUT2D eigenvalue weighted by Gasteiger charge is -2.27. The van der Waals surface area contributed by atoms with Gasteiger partial charge in [0.05, 0.1) is 10.6 Å². The number of hydrogen-bond donors (Lipinski definition) is 1. The smallest absolute Gasteiger partial charge is 0.269 e. The van der Waals surface area contributed by atoms with Gasteiger partial charge in [-0.1, -0.05) is 29.8 Å². The maximum atomic E-state index is 14.1. The number of nitrogens with zero attached hydrogens (tertiary/aromatic N) is 3. The van der Waals surface area contributed by atoms with Crippen LogP contribution in [0.4, 0.5) is 10.1 Å². The highest BCUT2D eigenvalue weighted by Gasteiger charge is 2.23. The molecule has 0 saturated carbocycles. The average Bonchev–Trinajstić information content (AvgIpc) is 2.69. The summed E-state index contributed by atoms with van der Waals surface area (Å²) in [6.07, 6.45) is 0.488. The van der Waals surface area contributed by atoms with E-state index in [0.717, 1.165) is 23.3 Å². The van der Waals surface area contributed by atoms with Gasteiger partial charge in [0.15, 0.2) is 0 Å². The number of non-ortho nitro benzene ring substituents is 1. The number of halogens is 1. The molecule has 1 N–H and O–H groups in total. The van der Waals surface area contributed by atoms with E-state index in [2.05, 4.69) is 9.97 Å². The molecule has 1 aromatic heterocycles. The Morgan fingerprint density at radius 3 is 2.72 bits per heavy atom. The Bertz CT molecular complexity index is 1140. The number of aromatic amines is 1. The number of hydrogen-bond acceptors (Lipinski definition) is 5. The summed E-state index contributed by atoms with van der Waals surface area (Å²) >= 11 is 0. The molecule has 0 unspecified atom stereocenters.